The van der Waals surface area contributed by atoms with Crippen molar-refractivity contribution in [1.29, 1.82) is 0 Å². The third kappa shape index (κ3) is 3.74. The number of hydrogen-bond donors (Lipinski definition) is 1. The van der Waals surface area contributed by atoms with Crippen LogP contribution in [0.5, 0.6) is 5.75 Å². The SMILES string of the molecule is CCCNCCc1nnc(-c2ccc(OC)c(F)c2)s1. The zero-order chi connectivity index (χ0) is 14.4. The fraction of sp³-hybridized carbons (Fsp3) is 0.429. The van der Waals surface area contributed by atoms with E-state index in [9.17, 15) is 4.39 Å². The Morgan fingerprint density at radius 3 is 2.85 bits per heavy atom. The van der Waals surface area contributed by atoms with Crippen LogP contribution in [-0.4, -0.2) is 30.4 Å². The summed E-state index contributed by atoms with van der Waals surface area (Å²) in [5, 5.41) is 13.3. The minimum Gasteiger partial charge on any atom is -0.494 e. The molecule has 0 spiro atoms. The van der Waals surface area contributed by atoms with Crippen LogP contribution in [0.25, 0.3) is 10.6 Å². The van der Waals surface area contributed by atoms with Crippen molar-refractivity contribution in [3.05, 3.63) is 29.0 Å². The first-order valence-electron chi connectivity index (χ1n) is 6.61. The molecule has 20 heavy (non-hydrogen) atoms. The summed E-state index contributed by atoms with van der Waals surface area (Å²) in [6.45, 7) is 4.03. The maximum Gasteiger partial charge on any atom is 0.165 e. The molecule has 0 amide bonds. The van der Waals surface area contributed by atoms with Crippen molar-refractivity contribution in [1.82, 2.24) is 15.5 Å². The monoisotopic (exact) mass is 295 g/mol. The molecule has 108 valence electrons. The summed E-state index contributed by atoms with van der Waals surface area (Å²) in [5.41, 5.74) is 0.730. The van der Waals surface area contributed by atoms with E-state index in [1.54, 1.807) is 12.1 Å². The second-order valence-corrected chi connectivity index (χ2v) is 5.41. The molecule has 0 aliphatic heterocycles. The van der Waals surface area contributed by atoms with Gasteiger partial charge in [0.15, 0.2) is 11.6 Å². The lowest BCUT2D eigenvalue weighted by Crippen LogP contribution is -2.17. The summed E-state index contributed by atoms with van der Waals surface area (Å²) >= 11 is 1.50. The number of halogens is 1. The highest BCUT2D eigenvalue weighted by atomic mass is 32.1. The van der Waals surface area contributed by atoms with E-state index in [-0.39, 0.29) is 11.6 Å². The Labute approximate surface area is 122 Å². The number of hydrogen-bond acceptors (Lipinski definition) is 5. The Morgan fingerprint density at radius 1 is 1.30 bits per heavy atom. The van der Waals surface area contributed by atoms with Gasteiger partial charge in [0.2, 0.25) is 0 Å². The van der Waals surface area contributed by atoms with Crippen molar-refractivity contribution >= 4 is 11.3 Å². The van der Waals surface area contributed by atoms with Crippen molar-refractivity contribution in [2.24, 2.45) is 0 Å². The molecule has 4 nitrogen and oxygen atoms in total. The highest BCUT2D eigenvalue weighted by Gasteiger charge is 2.10. The second kappa shape index (κ2) is 7.31. The molecule has 1 aromatic carbocycles. The zero-order valence-corrected chi connectivity index (χ0v) is 12.5. The molecule has 1 N–H and O–H groups in total. The molecule has 1 heterocycles. The van der Waals surface area contributed by atoms with Gasteiger partial charge in [-0.1, -0.05) is 18.3 Å². The van der Waals surface area contributed by atoms with Crippen molar-refractivity contribution in [3.63, 3.8) is 0 Å². The van der Waals surface area contributed by atoms with E-state index in [0.717, 1.165) is 41.5 Å². The van der Waals surface area contributed by atoms with Crippen molar-refractivity contribution in [2.45, 2.75) is 19.8 Å². The number of nitrogens with one attached hydrogen (secondary N) is 1. The fourth-order valence-electron chi connectivity index (χ4n) is 1.77. The second-order valence-electron chi connectivity index (χ2n) is 4.35. The quantitative estimate of drug-likeness (QED) is 0.798. The Hall–Kier alpha value is -1.53. The maximum absolute atomic E-state index is 13.7. The largest absolute Gasteiger partial charge is 0.494 e. The molecule has 1 aromatic heterocycles. The molecule has 0 radical (unpaired) electrons. The molecule has 0 bridgehead atoms. The van der Waals surface area contributed by atoms with Gasteiger partial charge in [-0.15, -0.1) is 10.2 Å². The molecule has 0 saturated heterocycles. The van der Waals surface area contributed by atoms with Crippen LogP contribution in [0.15, 0.2) is 18.2 Å². The van der Waals surface area contributed by atoms with Crippen LogP contribution in [0.2, 0.25) is 0 Å². The third-order valence-electron chi connectivity index (χ3n) is 2.81. The summed E-state index contributed by atoms with van der Waals surface area (Å²) in [6.07, 6.45) is 1.96. The van der Waals surface area contributed by atoms with Crippen LogP contribution in [-0.2, 0) is 6.42 Å². The molecule has 6 heteroatoms. The predicted octanol–water partition coefficient (Wildman–Crippen LogP) is 2.89. The van der Waals surface area contributed by atoms with Gasteiger partial charge in [-0.2, -0.15) is 0 Å². The molecule has 0 fully saturated rings. The fourth-order valence-corrected chi connectivity index (χ4v) is 2.60. The number of nitrogens with zero attached hydrogens (tertiary/aromatic N) is 2. The molecular weight excluding hydrogens is 277 g/mol. The van der Waals surface area contributed by atoms with E-state index in [0.29, 0.717) is 0 Å². The van der Waals surface area contributed by atoms with Gasteiger partial charge in [0.05, 0.1) is 7.11 Å². The number of methoxy groups -OCH3 is 1. The van der Waals surface area contributed by atoms with Crippen LogP contribution in [0.3, 0.4) is 0 Å². The topological polar surface area (TPSA) is 47.0 Å². The van der Waals surface area contributed by atoms with Crippen LogP contribution < -0.4 is 10.1 Å². The van der Waals surface area contributed by atoms with Crippen LogP contribution in [0.4, 0.5) is 4.39 Å². The van der Waals surface area contributed by atoms with E-state index < -0.39 is 0 Å². The van der Waals surface area contributed by atoms with Gasteiger partial charge in [0.25, 0.3) is 0 Å². The highest BCUT2D eigenvalue weighted by Crippen LogP contribution is 2.27. The van der Waals surface area contributed by atoms with Gasteiger partial charge in [0.1, 0.15) is 10.0 Å². The smallest absolute Gasteiger partial charge is 0.165 e. The van der Waals surface area contributed by atoms with E-state index in [4.69, 9.17) is 4.74 Å². The van der Waals surface area contributed by atoms with E-state index in [1.165, 1.54) is 24.5 Å². The minimum atomic E-state index is -0.383. The normalized spacial score (nSPS) is 10.8. The van der Waals surface area contributed by atoms with E-state index in [2.05, 4.69) is 22.4 Å². The summed E-state index contributed by atoms with van der Waals surface area (Å²) in [6, 6.07) is 4.83. The lowest BCUT2D eigenvalue weighted by Gasteiger charge is -2.02. The molecule has 2 aromatic rings. The lowest BCUT2D eigenvalue weighted by atomic mass is 10.2. The summed E-state index contributed by atoms with van der Waals surface area (Å²) < 4.78 is 18.6. The summed E-state index contributed by atoms with van der Waals surface area (Å²) in [7, 11) is 1.45. The van der Waals surface area contributed by atoms with Crippen molar-refractivity contribution < 1.29 is 9.13 Å². The first-order valence-corrected chi connectivity index (χ1v) is 7.43. The van der Waals surface area contributed by atoms with E-state index >= 15 is 0 Å². The van der Waals surface area contributed by atoms with E-state index in [1.807, 2.05) is 0 Å². The number of rotatable bonds is 7. The van der Waals surface area contributed by atoms with Gasteiger partial charge in [-0.05, 0) is 31.2 Å². The first-order chi connectivity index (χ1) is 9.74. The molecule has 2 rings (SSSR count). The van der Waals surface area contributed by atoms with Gasteiger partial charge >= 0.3 is 0 Å². The standard InChI is InChI=1S/C14H18FN3OS/c1-3-7-16-8-6-13-17-18-14(20-13)10-4-5-12(19-2)11(15)9-10/h4-5,9,16H,3,6-8H2,1-2H3. The van der Waals surface area contributed by atoms with Gasteiger partial charge in [-0.3, -0.25) is 0 Å². The molecule has 0 saturated carbocycles. The molecule has 0 atom stereocenters. The van der Waals surface area contributed by atoms with Crippen LogP contribution in [0, 0.1) is 5.82 Å². The van der Waals surface area contributed by atoms with Crippen LogP contribution >= 0.6 is 11.3 Å². The number of benzene rings is 1. The third-order valence-corrected chi connectivity index (χ3v) is 3.84. The zero-order valence-electron chi connectivity index (χ0n) is 11.6. The minimum absolute atomic E-state index is 0.238. The Bertz CT molecular complexity index is 559. The molecular formula is C14H18FN3OS. The average Bonchev–Trinajstić information content (AvgIpc) is 2.92. The highest BCUT2D eigenvalue weighted by molar-refractivity contribution is 7.14. The van der Waals surface area contributed by atoms with Crippen molar-refractivity contribution in [2.75, 3.05) is 20.2 Å². The summed E-state index contributed by atoms with van der Waals surface area (Å²) in [4.78, 5) is 0. The number of aromatic nitrogens is 2. The molecule has 0 aliphatic carbocycles. The van der Waals surface area contributed by atoms with Gasteiger partial charge in [-0.25, -0.2) is 4.39 Å². The first kappa shape index (κ1) is 14.9. The Kier molecular flexibility index (Phi) is 5.43. The average molecular weight is 295 g/mol. The van der Waals surface area contributed by atoms with Crippen LogP contribution in [0.1, 0.15) is 18.4 Å². The Morgan fingerprint density at radius 2 is 2.15 bits per heavy atom. The van der Waals surface area contributed by atoms with Gasteiger partial charge in [0, 0.05) is 18.5 Å². The molecule has 0 unspecified atom stereocenters. The summed E-state index contributed by atoms with van der Waals surface area (Å²) in [5.74, 6) is -0.145. The van der Waals surface area contributed by atoms with Gasteiger partial charge < -0.3 is 10.1 Å². The van der Waals surface area contributed by atoms with Crippen molar-refractivity contribution in [3.8, 4) is 16.3 Å². The maximum atomic E-state index is 13.7. The number of ether oxygens (including phenoxy) is 1. The predicted molar refractivity (Wildman–Crippen MR) is 78.7 cm³/mol. The molecule has 0 aliphatic rings. The lowest BCUT2D eigenvalue weighted by molar-refractivity contribution is 0.386. The Balaban J connectivity index is 2.03.